The molecule has 1 aliphatic heterocycles. The van der Waals surface area contributed by atoms with Gasteiger partial charge in [0.05, 0.1) is 11.0 Å². The minimum atomic E-state index is -3.71. The van der Waals surface area contributed by atoms with Crippen molar-refractivity contribution in [3.8, 4) is 16.9 Å². The van der Waals surface area contributed by atoms with E-state index in [9.17, 15) is 18.3 Å². The first-order valence-electron chi connectivity index (χ1n) is 13.3. The Hall–Kier alpha value is -3.85. The number of aryl methyl sites for hydroxylation is 2. The smallest absolute Gasteiger partial charge is 0.185 e. The summed E-state index contributed by atoms with van der Waals surface area (Å²) in [5, 5.41) is 13.6. The van der Waals surface area contributed by atoms with Crippen LogP contribution in [0, 0.1) is 6.92 Å². The largest absolute Gasteiger partial charge is 0.489 e. The Morgan fingerprint density at radius 3 is 2.52 bits per heavy atom. The molecule has 8 heteroatoms. The second-order valence-corrected chi connectivity index (χ2v) is 12.1. The molecule has 206 valence electrons. The fourth-order valence-electron chi connectivity index (χ4n) is 4.77. The number of Topliss-reactive ketones (excluding diaryl/α,β-unsaturated/α-hetero) is 1. The van der Waals surface area contributed by atoms with Crippen molar-refractivity contribution in [3.63, 3.8) is 0 Å². The number of fused-ring (bicyclic) bond motifs is 1. The first kappa shape index (κ1) is 27.7. The molecule has 4 aromatic rings. The number of pyridine rings is 1. The van der Waals surface area contributed by atoms with Crippen LogP contribution >= 0.6 is 0 Å². The van der Waals surface area contributed by atoms with Crippen LogP contribution in [0.3, 0.4) is 0 Å². The summed E-state index contributed by atoms with van der Waals surface area (Å²) < 4.78 is 31.5. The lowest BCUT2D eigenvalue weighted by atomic mass is 9.96. The van der Waals surface area contributed by atoms with Crippen molar-refractivity contribution >= 4 is 15.6 Å². The zero-order valence-electron chi connectivity index (χ0n) is 22.3. The van der Waals surface area contributed by atoms with E-state index in [-0.39, 0.29) is 11.0 Å². The molecule has 2 atom stereocenters. The van der Waals surface area contributed by atoms with Crippen molar-refractivity contribution in [1.29, 1.82) is 0 Å². The fourth-order valence-corrected chi connectivity index (χ4v) is 6.00. The molecule has 0 amide bonds. The van der Waals surface area contributed by atoms with Gasteiger partial charge in [-0.05, 0) is 66.8 Å². The molecule has 2 unspecified atom stereocenters. The molecular formula is C32H32N2O5S. The van der Waals surface area contributed by atoms with E-state index in [2.05, 4.69) is 16.4 Å². The number of nitrogens with one attached hydrogen (secondary N) is 1. The van der Waals surface area contributed by atoms with E-state index < -0.39 is 27.5 Å². The lowest BCUT2D eigenvalue weighted by Gasteiger charge is -2.27. The van der Waals surface area contributed by atoms with Crippen LogP contribution in [0.1, 0.15) is 39.6 Å². The number of sulfone groups is 1. The molecule has 0 spiro atoms. The summed E-state index contributed by atoms with van der Waals surface area (Å²) in [6, 6.07) is 23.3. The molecule has 5 rings (SSSR count). The summed E-state index contributed by atoms with van der Waals surface area (Å²) in [6.07, 6.45) is 4.47. The van der Waals surface area contributed by atoms with Gasteiger partial charge in [0.2, 0.25) is 0 Å². The van der Waals surface area contributed by atoms with Gasteiger partial charge in [0.25, 0.3) is 0 Å². The molecule has 0 aliphatic carbocycles. The predicted molar refractivity (Wildman–Crippen MR) is 154 cm³/mol. The average molecular weight is 557 g/mol. The molecule has 0 saturated carbocycles. The third kappa shape index (κ3) is 6.65. The van der Waals surface area contributed by atoms with E-state index in [1.807, 2.05) is 43.3 Å². The van der Waals surface area contributed by atoms with Gasteiger partial charge in [0, 0.05) is 36.6 Å². The molecule has 3 aromatic carbocycles. The number of hydrogen-bond acceptors (Lipinski definition) is 7. The van der Waals surface area contributed by atoms with Gasteiger partial charge in [0.1, 0.15) is 17.6 Å². The van der Waals surface area contributed by atoms with Crippen LogP contribution < -0.4 is 10.1 Å². The number of aliphatic hydroxyl groups excluding tert-OH is 1. The van der Waals surface area contributed by atoms with Crippen molar-refractivity contribution in [2.75, 3.05) is 18.8 Å². The number of rotatable bonds is 10. The van der Waals surface area contributed by atoms with Gasteiger partial charge in [-0.25, -0.2) is 8.42 Å². The van der Waals surface area contributed by atoms with E-state index in [0.717, 1.165) is 46.4 Å². The van der Waals surface area contributed by atoms with Gasteiger partial charge in [-0.15, -0.1) is 0 Å². The molecule has 1 aromatic heterocycles. The number of carbonyl (C=O) groups excluding carboxylic acids is 1. The van der Waals surface area contributed by atoms with E-state index in [4.69, 9.17) is 4.74 Å². The van der Waals surface area contributed by atoms with Crippen molar-refractivity contribution < 1.29 is 23.1 Å². The number of nitrogens with zero attached hydrogens (tertiary/aromatic N) is 1. The highest BCUT2D eigenvalue weighted by Crippen LogP contribution is 2.32. The van der Waals surface area contributed by atoms with Crippen LogP contribution in [0.2, 0.25) is 0 Å². The van der Waals surface area contributed by atoms with Crippen molar-refractivity contribution in [2.24, 2.45) is 0 Å². The standard InChI is InChI=1S/C32H32N2O5S/c1-22-4-13-29(14-5-22)40(37,38)21-31(36)24-8-6-23(7-9-24)25-11-15-32-26(17-25)10-12-28(39-32)19-34-20-30(35)27-3-2-16-33-18-27/h2-9,11,13-18,28,30,34-35H,10,12,19-21H2,1H3. The second kappa shape index (κ2) is 12.1. The fraction of sp³-hybridized carbons (Fsp3) is 0.250. The number of benzene rings is 3. The van der Waals surface area contributed by atoms with Crippen molar-refractivity contribution in [2.45, 2.75) is 36.9 Å². The molecule has 0 fully saturated rings. The van der Waals surface area contributed by atoms with Crippen LogP contribution in [0.4, 0.5) is 0 Å². The molecule has 2 N–H and O–H groups in total. The van der Waals surface area contributed by atoms with Crippen molar-refractivity contribution in [3.05, 3.63) is 114 Å². The Morgan fingerprint density at radius 1 is 1.05 bits per heavy atom. The van der Waals surface area contributed by atoms with Gasteiger partial charge in [-0.2, -0.15) is 0 Å². The topological polar surface area (TPSA) is 106 Å². The van der Waals surface area contributed by atoms with Gasteiger partial charge < -0.3 is 15.2 Å². The monoisotopic (exact) mass is 556 g/mol. The minimum absolute atomic E-state index is 0.0148. The second-order valence-electron chi connectivity index (χ2n) is 10.1. The third-order valence-corrected chi connectivity index (χ3v) is 8.74. The van der Waals surface area contributed by atoms with Crippen molar-refractivity contribution in [1.82, 2.24) is 10.3 Å². The Labute approximate surface area is 234 Å². The SMILES string of the molecule is Cc1ccc(S(=O)(=O)CC(=O)c2ccc(-c3ccc4c(c3)CCC(CNCC(O)c3cccnc3)O4)cc2)cc1. The normalized spacial score (nSPS) is 15.6. The zero-order valence-corrected chi connectivity index (χ0v) is 23.1. The molecule has 2 heterocycles. The van der Waals surface area contributed by atoms with Gasteiger partial charge in [0.15, 0.2) is 15.6 Å². The predicted octanol–water partition coefficient (Wildman–Crippen LogP) is 4.73. The highest BCUT2D eigenvalue weighted by atomic mass is 32.2. The van der Waals surface area contributed by atoms with Crippen LogP contribution in [0.5, 0.6) is 5.75 Å². The van der Waals surface area contributed by atoms with Gasteiger partial charge in [-0.3, -0.25) is 9.78 Å². The average Bonchev–Trinajstić information content (AvgIpc) is 2.97. The maximum absolute atomic E-state index is 12.7. The summed E-state index contributed by atoms with van der Waals surface area (Å²) in [5.74, 6) is -0.148. The Kier molecular flexibility index (Phi) is 8.40. The van der Waals surface area contributed by atoms with Crippen LogP contribution in [0.15, 0.2) is 96.2 Å². The number of aromatic nitrogens is 1. The Morgan fingerprint density at radius 2 is 1.80 bits per heavy atom. The zero-order chi connectivity index (χ0) is 28.1. The molecular weight excluding hydrogens is 524 g/mol. The van der Waals surface area contributed by atoms with E-state index in [0.29, 0.717) is 18.7 Å². The quantitative estimate of drug-likeness (QED) is 0.272. The first-order chi connectivity index (χ1) is 19.3. The van der Waals surface area contributed by atoms with Crippen LogP contribution in [-0.4, -0.2) is 49.2 Å². The molecule has 40 heavy (non-hydrogen) atoms. The van der Waals surface area contributed by atoms with Crippen LogP contribution in [-0.2, 0) is 16.3 Å². The summed E-state index contributed by atoms with van der Waals surface area (Å²) in [7, 11) is -3.71. The number of ketones is 1. The molecule has 0 bridgehead atoms. The number of ether oxygens (including phenoxy) is 1. The third-order valence-electron chi connectivity index (χ3n) is 7.11. The van der Waals surface area contributed by atoms with E-state index in [1.54, 1.807) is 36.7 Å². The summed E-state index contributed by atoms with van der Waals surface area (Å²) in [4.78, 5) is 16.9. The van der Waals surface area contributed by atoms with Gasteiger partial charge >= 0.3 is 0 Å². The van der Waals surface area contributed by atoms with E-state index in [1.165, 1.54) is 12.1 Å². The summed E-state index contributed by atoms with van der Waals surface area (Å²) in [5.41, 5.74) is 5.17. The maximum atomic E-state index is 12.7. The van der Waals surface area contributed by atoms with Crippen LogP contribution in [0.25, 0.3) is 11.1 Å². The number of aliphatic hydroxyl groups is 1. The molecule has 0 saturated heterocycles. The minimum Gasteiger partial charge on any atom is -0.489 e. The lowest BCUT2D eigenvalue weighted by Crippen LogP contribution is -2.36. The highest BCUT2D eigenvalue weighted by molar-refractivity contribution is 7.92. The highest BCUT2D eigenvalue weighted by Gasteiger charge is 2.22. The Bertz CT molecular complexity index is 1570. The molecule has 1 aliphatic rings. The Balaban J connectivity index is 1.17. The number of hydrogen-bond donors (Lipinski definition) is 2. The molecule has 7 nitrogen and oxygen atoms in total. The summed E-state index contributed by atoms with van der Waals surface area (Å²) in [6.45, 7) is 2.94. The number of carbonyl (C=O) groups is 1. The first-order valence-corrected chi connectivity index (χ1v) is 14.9. The van der Waals surface area contributed by atoms with E-state index >= 15 is 0 Å². The van der Waals surface area contributed by atoms with Gasteiger partial charge in [-0.1, -0.05) is 54.1 Å². The lowest BCUT2D eigenvalue weighted by molar-refractivity contribution is 0.102. The molecule has 0 radical (unpaired) electrons. The summed E-state index contributed by atoms with van der Waals surface area (Å²) >= 11 is 0. The maximum Gasteiger partial charge on any atom is 0.185 e.